The van der Waals surface area contributed by atoms with E-state index in [2.05, 4.69) is 4.98 Å². The van der Waals surface area contributed by atoms with E-state index in [0.717, 1.165) is 18.5 Å². The van der Waals surface area contributed by atoms with Crippen LogP contribution in [0.25, 0.3) is 0 Å². The fraction of sp³-hybridized carbons (Fsp3) is 0.600. The molecule has 1 aromatic heterocycles. The molecule has 0 saturated carbocycles. The first-order chi connectivity index (χ1) is 9.28. The van der Waals surface area contributed by atoms with Crippen molar-refractivity contribution in [3.05, 3.63) is 23.4 Å². The second-order valence-corrected chi connectivity index (χ2v) is 6.19. The van der Waals surface area contributed by atoms with Crippen LogP contribution in [0.2, 0.25) is 0 Å². The Hall–Kier alpha value is -1.62. The van der Waals surface area contributed by atoms with Crippen LogP contribution in [0.1, 0.15) is 55.6 Å². The normalized spacial score (nSPS) is 23.1. The van der Waals surface area contributed by atoms with Gasteiger partial charge in [-0.2, -0.15) is 0 Å². The molecule has 110 valence electrons. The first kappa shape index (κ1) is 14.8. The lowest BCUT2D eigenvalue weighted by molar-refractivity contribution is -0.0107. The highest BCUT2D eigenvalue weighted by atomic mass is 16.3. The van der Waals surface area contributed by atoms with Gasteiger partial charge < -0.3 is 15.7 Å². The summed E-state index contributed by atoms with van der Waals surface area (Å²) in [6, 6.07) is 3.41. The third-order valence-corrected chi connectivity index (χ3v) is 3.67. The van der Waals surface area contributed by atoms with E-state index >= 15 is 0 Å². The third kappa shape index (κ3) is 3.28. The zero-order valence-corrected chi connectivity index (χ0v) is 12.4. The predicted octanol–water partition coefficient (Wildman–Crippen LogP) is 1.77. The van der Waals surface area contributed by atoms with E-state index in [4.69, 9.17) is 5.73 Å². The lowest BCUT2D eigenvalue weighted by Crippen LogP contribution is -2.48. The second-order valence-electron chi connectivity index (χ2n) is 6.19. The van der Waals surface area contributed by atoms with Crippen molar-refractivity contribution in [3.63, 3.8) is 0 Å². The minimum absolute atomic E-state index is 0.0824. The van der Waals surface area contributed by atoms with Gasteiger partial charge in [-0.1, -0.05) is 13.8 Å². The zero-order valence-electron chi connectivity index (χ0n) is 12.4. The molecule has 5 nitrogen and oxygen atoms in total. The van der Waals surface area contributed by atoms with Crippen LogP contribution in [0.4, 0.5) is 5.82 Å². The Kier molecular flexibility index (Phi) is 3.99. The van der Waals surface area contributed by atoms with Crippen molar-refractivity contribution < 1.29 is 9.90 Å². The van der Waals surface area contributed by atoms with Gasteiger partial charge in [0.2, 0.25) is 0 Å². The van der Waals surface area contributed by atoms with E-state index in [1.54, 1.807) is 24.0 Å². The molecule has 5 heteroatoms. The van der Waals surface area contributed by atoms with E-state index in [-0.39, 0.29) is 11.8 Å². The molecule has 2 rings (SSSR count). The van der Waals surface area contributed by atoms with Gasteiger partial charge in [-0.15, -0.1) is 0 Å². The number of carbonyl (C=O) groups is 1. The highest BCUT2D eigenvalue weighted by molar-refractivity contribution is 5.95. The maximum Gasteiger partial charge on any atom is 0.254 e. The Balaban J connectivity index is 2.24. The maximum absolute atomic E-state index is 12.5. The Morgan fingerprint density at radius 3 is 2.80 bits per heavy atom. The van der Waals surface area contributed by atoms with Crippen molar-refractivity contribution in [2.45, 2.75) is 45.1 Å². The number of anilines is 1. The summed E-state index contributed by atoms with van der Waals surface area (Å²) < 4.78 is 0. The molecule has 3 N–H and O–H groups in total. The number of amides is 1. The first-order valence-corrected chi connectivity index (χ1v) is 7.07. The van der Waals surface area contributed by atoms with Crippen molar-refractivity contribution in [1.29, 1.82) is 0 Å². The molecule has 0 radical (unpaired) electrons. The van der Waals surface area contributed by atoms with Crippen LogP contribution in [0.3, 0.4) is 0 Å². The van der Waals surface area contributed by atoms with Gasteiger partial charge in [0.15, 0.2) is 0 Å². The summed E-state index contributed by atoms with van der Waals surface area (Å²) in [4.78, 5) is 18.5. The second kappa shape index (κ2) is 5.40. The number of aliphatic hydroxyl groups is 1. The molecule has 1 saturated heterocycles. The fourth-order valence-corrected chi connectivity index (χ4v) is 2.57. The predicted molar refractivity (Wildman–Crippen MR) is 78.5 cm³/mol. The zero-order chi connectivity index (χ0) is 14.9. The number of nitrogens with two attached hydrogens (primary N) is 1. The molecule has 1 atom stereocenters. The van der Waals surface area contributed by atoms with Crippen LogP contribution in [-0.2, 0) is 0 Å². The quantitative estimate of drug-likeness (QED) is 0.863. The Labute approximate surface area is 119 Å². The molecule has 1 aliphatic heterocycles. The highest BCUT2D eigenvalue weighted by Crippen LogP contribution is 2.23. The van der Waals surface area contributed by atoms with Crippen molar-refractivity contribution in [3.8, 4) is 0 Å². The lowest BCUT2D eigenvalue weighted by Gasteiger charge is -2.36. The Morgan fingerprint density at radius 1 is 1.50 bits per heavy atom. The molecule has 0 spiro atoms. The molecule has 1 unspecified atom stereocenters. The van der Waals surface area contributed by atoms with E-state index < -0.39 is 5.60 Å². The summed E-state index contributed by atoms with van der Waals surface area (Å²) in [6.45, 7) is 6.84. The first-order valence-electron chi connectivity index (χ1n) is 7.07. The molecular formula is C15H23N3O2. The molecule has 1 amide bonds. The van der Waals surface area contributed by atoms with Crippen molar-refractivity contribution in [1.82, 2.24) is 9.88 Å². The van der Waals surface area contributed by atoms with Crippen molar-refractivity contribution >= 4 is 11.7 Å². The van der Waals surface area contributed by atoms with E-state index in [1.165, 1.54) is 0 Å². The number of nitrogens with zero attached hydrogens (tertiary/aromatic N) is 2. The van der Waals surface area contributed by atoms with E-state index in [1.807, 2.05) is 13.8 Å². The smallest absolute Gasteiger partial charge is 0.254 e. The summed E-state index contributed by atoms with van der Waals surface area (Å²) in [5, 5.41) is 10.1. The van der Waals surface area contributed by atoms with Crippen LogP contribution >= 0.6 is 0 Å². The number of aromatic nitrogens is 1. The molecule has 1 aliphatic rings. The van der Waals surface area contributed by atoms with Gasteiger partial charge in [0.05, 0.1) is 5.60 Å². The van der Waals surface area contributed by atoms with Crippen LogP contribution < -0.4 is 5.73 Å². The number of pyridine rings is 1. The fourth-order valence-electron chi connectivity index (χ4n) is 2.57. The summed E-state index contributed by atoms with van der Waals surface area (Å²) in [7, 11) is 0. The summed E-state index contributed by atoms with van der Waals surface area (Å²) in [6.07, 6.45) is 1.54. The maximum atomic E-state index is 12.5. The van der Waals surface area contributed by atoms with Crippen molar-refractivity contribution in [2.75, 3.05) is 18.8 Å². The molecule has 20 heavy (non-hydrogen) atoms. The number of carbonyl (C=O) groups excluding carboxylic acids is 1. The third-order valence-electron chi connectivity index (χ3n) is 3.67. The van der Waals surface area contributed by atoms with Gasteiger partial charge >= 0.3 is 0 Å². The summed E-state index contributed by atoms with van der Waals surface area (Å²) >= 11 is 0. The molecule has 0 bridgehead atoms. The van der Waals surface area contributed by atoms with Gasteiger partial charge in [0.1, 0.15) is 5.82 Å². The largest absolute Gasteiger partial charge is 0.388 e. The molecule has 1 fully saturated rings. The van der Waals surface area contributed by atoms with Gasteiger partial charge in [-0.3, -0.25) is 4.79 Å². The van der Waals surface area contributed by atoms with Gasteiger partial charge in [0, 0.05) is 24.3 Å². The molecular weight excluding hydrogens is 254 g/mol. The SMILES string of the molecule is CC(C)c1cc(C(=O)N2CCCC(C)(O)C2)cc(N)n1. The number of rotatable bonds is 2. The molecule has 0 aliphatic carbocycles. The number of β-amino-alcohol motifs (C(OH)–C–C–N with tert-alkyl or cyclic N) is 1. The van der Waals surface area contributed by atoms with Gasteiger partial charge in [0.25, 0.3) is 5.91 Å². The average Bonchev–Trinajstić information content (AvgIpc) is 2.35. The van der Waals surface area contributed by atoms with Crippen LogP contribution in [0.15, 0.2) is 12.1 Å². The topological polar surface area (TPSA) is 79.5 Å². The van der Waals surface area contributed by atoms with Crippen LogP contribution in [0, 0.1) is 0 Å². The number of likely N-dealkylation sites (tertiary alicyclic amines) is 1. The van der Waals surface area contributed by atoms with Crippen molar-refractivity contribution in [2.24, 2.45) is 0 Å². The molecule has 1 aromatic rings. The Morgan fingerprint density at radius 2 is 2.20 bits per heavy atom. The minimum Gasteiger partial charge on any atom is -0.388 e. The Bertz CT molecular complexity index is 512. The molecule has 0 aromatic carbocycles. The van der Waals surface area contributed by atoms with Gasteiger partial charge in [-0.25, -0.2) is 4.98 Å². The van der Waals surface area contributed by atoms with Crippen LogP contribution in [0.5, 0.6) is 0 Å². The highest BCUT2D eigenvalue weighted by Gasteiger charge is 2.31. The van der Waals surface area contributed by atoms with E-state index in [0.29, 0.717) is 24.5 Å². The number of nitrogen functional groups attached to an aromatic ring is 1. The number of hydrogen-bond acceptors (Lipinski definition) is 4. The van der Waals surface area contributed by atoms with E-state index in [9.17, 15) is 9.90 Å². The standard InChI is InChI=1S/C15H23N3O2/c1-10(2)12-7-11(8-13(16)17-12)14(19)18-6-4-5-15(3,20)9-18/h7-8,10,20H,4-6,9H2,1-3H3,(H2,16,17). The minimum atomic E-state index is -0.798. The van der Waals surface area contributed by atoms with Gasteiger partial charge in [-0.05, 0) is 37.8 Å². The number of piperidine rings is 1. The molecule has 2 heterocycles. The average molecular weight is 277 g/mol. The lowest BCUT2D eigenvalue weighted by atomic mass is 9.94. The monoisotopic (exact) mass is 277 g/mol. The number of hydrogen-bond donors (Lipinski definition) is 2. The summed E-state index contributed by atoms with van der Waals surface area (Å²) in [5.41, 5.74) is 6.36. The van der Waals surface area contributed by atoms with Crippen LogP contribution in [-0.4, -0.2) is 39.6 Å². The summed E-state index contributed by atoms with van der Waals surface area (Å²) in [5.74, 6) is 0.499.